The summed E-state index contributed by atoms with van der Waals surface area (Å²) in [5.41, 5.74) is 2.44. The van der Waals surface area contributed by atoms with E-state index >= 15 is 0 Å². The van der Waals surface area contributed by atoms with Gasteiger partial charge in [-0.3, -0.25) is 25.0 Å². The topological polar surface area (TPSA) is 139 Å². The van der Waals surface area contributed by atoms with E-state index in [1.807, 2.05) is 72.8 Å². The van der Waals surface area contributed by atoms with Crippen molar-refractivity contribution in [1.29, 1.82) is 0 Å². The number of ether oxygens (including phenoxy) is 2. The van der Waals surface area contributed by atoms with Crippen LogP contribution in [0.4, 0.5) is 11.4 Å². The van der Waals surface area contributed by atoms with Crippen LogP contribution in [0.5, 0.6) is 0 Å². The predicted octanol–water partition coefficient (Wildman–Crippen LogP) is 7.04. The Kier molecular flexibility index (Phi) is 6.89. The normalized spacial score (nSPS) is 14.3. The van der Waals surface area contributed by atoms with E-state index in [2.05, 4.69) is 0 Å². The van der Waals surface area contributed by atoms with Gasteiger partial charge in [0.15, 0.2) is 0 Å². The van der Waals surface area contributed by atoms with Gasteiger partial charge in [-0.15, -0.1) is 0 Å². The lowest BCUT2D eigenvalue weighted by Gasteiger charge is -2.36. The standard InChI is InChI=1S/C36H24N2O8/c39-21-46-36(32-18-17-22(37(41)42)19-33(32)38(43)44,34-29-15-7-5-11-25(29)26-12-6-8-16-30(26)34)35(40)45-20-31-27-13-3-1-9-23(27)24-10-2-4-14-28(24)31/h1-19,21,31,34H,20H2. The summed E-state index contributed by atoms with van der Waals surface area (Å²) in [4.78, 5) is 49.7. The van der Waals surface area contributed by atoms with Crippen LogP contribution in [0.25, 0.3) is 22.3 Å². The fourth-order valence-corrected chi connectivity index (χ4v) is 7.04. The molecule has 0 N–H and O–H groups in total. The zero-order chi connectivity index (χ0) is 32.0. The van der Waals surface area contributed by atoms with Crippen molar-refractivity contribution in [3.8, 4) is 22.3 Å². The molecular weight excluding hydrogens is 588 g/mol. The highest BCUT2D eigenvalue weighted by Gasteiger charge is 2.58. The Balaban J connectivity index is 1.42. The second-order valence-corrected chi connectivity index (χ2v) is 11.1. The zero-order valence-corrected chi connectivity index (χ0v) is 24.1. The summed E-state index contributed by atoms with van der Waals surface area (Å²) >= 11 is 0. The molecule has 0 bridgehead atoms. The van der Waals surface area contributed by atoms with Crippen LogP contribution in [0.15, 0.2) is 115 Å². The molecule has 0 saturated heterocycles. The van der Waals surface area contributed by atoms with Crippen molar-refractivity contribution in [1.82, 2.24) is 0 Å². The smallest absolute Gasteiger partial charge is 0.356 e. The van der Waals surface area contributed by atoms with Crippen molar-refractivity contribution in [3.63, 3.8) is 0 Å². The van der Waals surface area contributed by atoms with Crippen LogP contribution < -0.4 is 0 Å². The highest BCUT2D eigenvalue weighted by molar-refractivity contribution is 5.91. The summed E-state index contributed by atoms with van der Waals surface area (Å²) in [5.74, 6) is -2.49. The van der Waals surface area contributed by atoms with E-state index in [4.69, 9.17) is 9.47 Å². The fraction of sp³-hybridized carbons (Fsp3) is 0.111. The average molecular weight is 613 g/mol. The third-order valence-electron chi connectivity index (χ3n) is 8.91. The predicted molar refractivity (Wildman–Crippen MR) is 167 cm³/mol. The number of fused-ring (bicyclic) bond motifs is 6. The molecule has 1 atom stereocenters. The molecule has 5 aromatic rings. The van der Waals surface area contributed by atoms with Gasteiger partial charge in [0.1, 0.15) is 6.61 Å². The molecule has 2 aliphatic rings. The number of nitro groups is 2. The molecule has 46 heavy (non-hydrogen) atoms. The Morgan fingerprint density at radius 3 is 1.65 bits per heavy atom. The van der Waals surface area contributed by atoms with Gasteiger partial charge < -0.3 is 9.47 Å². The summed E-state index contributed by atoms with van der Waals surface area (Å²) in [7, 11) is 0. The highest BCUT2D eigenvalue weighted by atomic mass is 16.6. The molecule has 10 heteroatoms. The lowest BCUT2D eigenvalue weighted by molar-refractivity contribution is -0.395. The average Bonchev–Trinajstić information content (AvgIpc) is 3.59. The molecule has 0 heterocycles. The van der Waals surface area contributed by atoms with Gasteiger partial charge in [-0.05, 0) is 50.6 Å². The van der Waals surface area contributed by atoms with Crippen LogP contribution in [0, 0.1) is 20.2 Å². The molecule has 0 aliphatic heterocycles. The van der Waals surface area contributed by atoms with Gasteiger partial charge in [0.25, 0.3) is 23.4 Å². The van der Waals surface area contributed by atoms with Crippen molar-refractivity contribution < 1.29 is 28.9 Å². The first kappa shape index (κ1) is 28.6. The minimum Gasteiger partial charge on any atom is -0.461 e. The van der Waals surface area contributed by atoms with E-state index in [1.54, 1.807) is 24.3 Å². The van der Waals surface area contributed by atoms with Crippen molar-refractivity contribution >= 4 is 23.8 Å². The Labute approximate surface area is 262 Å². The molecule has 0 aromatic heterocycles. The lowest BCUT2D eigenvalue weighted by atomic mass is 9.74. The van der Waals surface area contributed by atoms with Crippen LogP contribution >= 0.6 is 0 Å². The molecule has 0 saturated carbocycles. The molecule has 2 aliphatic carbocycles. The largest absolute Gasteiger partial charge is 0.461 e. The van der Waals surface area contributed by atoms with E-state index in [0.717, 1.165) is 51.6 Å². The SMILES string of the molecule is O=COC(C(=O)OCC1c2ccccc2-c2ccccc21)(c1ccc([N+](=O)[O-])cc1[N+](=O)[O-])C1c2ccccc2-c2ccccc21. The maximum absolute atomic E-state index is 14.8. The Bertz CT molecular complexity index is 1980. The zero-order valence-electron chi connectivity index (χ0n) is 24.1. The van der Waals surface area contributed by atoms with Gasteiger partial charge in [0.2, 0.25) is 0 Å². The van der Waals surface area contributed by atoms with Gasteiger partial charge in [-0.25, -0.2) is 4.79 Å². The second kappa shape index (κ2) is 11.1. The molecule has 0 amide bonds. The molecule has 5 aromatic carbocycles. The van der Waals surface area contributed by atoms with Gasteiger partial charge in [0.05, 0.1) is 27.4 Å². The van der Waals surface area contributed by atoms with Crippen molar-refractivity contribution in [2.45, 2.75) is 17.4 Å². The number of carbonyl (C=O) groups excluding carboxylic acids is 2. The van der Waals surface area contributed by atoms with Gasteiger partial charge >= 0.3 is 5.97 Å². The van der Waals surface area contributed by atoms with Gasteiger partial charge in [0, 0.05) is 12.0 Å². The van der Waals surface area contributed by atoms with Crippen molar-refractivity contribution in [2.24, 2.45) is 0 Å². The molecule has 1 unspecified atom stereocenters. The van der Waals surface area contributed by atoms with Crippen LogP contribution in [0.1, 0.15) is 39.7 Å². The Hall–Kier alpha value is -6.16. The summed E-state index contributed by atoms with van der Waals surface area (Å²) in [6.45, 7) is -0.0935. The van der Waals surface area contributed by atoms with Crippen molar-refractivity contribution in [2.75, 3.05) is 6.61 Å². The molecule has 0 fully saturated rings. The van der Waals surface area contributed by atoms with Crippen LogP contribution in [0.2, 0.25) is 0 Å². The third kappa shape index (κ3) is 4.26. The summed E-state index contributed by atoms with van der Waals surface area (Å²) in [6.07, 6.45) is 0. The number of nitro benzene ring substituents is 2. The number of benzene rings is 5. The minimum atomic E-state index is -2.43. The number of nitrogens with zero attached hydrogens (tertiary/aromatic N) is 2. The number of hydrogen-bond acceptors (Lipinski definition) is 8. The first-order chi connectivity index (χ1) is 22.4. The minimum absolute atomic E-state index is 0.0656. The van der Waals surface area contributed by atoms with Crippen LogP contribution in [-0.4, -0.2) is 28.9 Å². The Morgan fingerprint density at radius 1 is 0.696 bits per heavy atom. The van der Waals surface area contributed by atoms with Crippen molar-refractivity contribution in [3.05, 3.63) is 163 Å². The fourth-order valence-electron chi connectivity index (χ4n) is 7.04. The number of hydrogen-bond donors (Lipinski definition) is 0. The Morgan fingerprint density at radius 2 is 1.17 bits per heavy atom. The van der Waals surface area contributed by atoms with E-state index in [0.29, 0.717) is 11.1 Å². The number of non-ortho nitro benzene ring substituents is 1. The number of esters is 1. The summed E-state index contributed by atoms with van der Waals surface area (Å²) in [5, 5.41) is 24.1. The van der Waals surface area contributed by atoms with E-state index in [9.17, 15) is 29.8 Å². The summed E-state index contributed by atoms with van der Waals surface area (Å²) < 4.78 is 11.9. The van der Waals surface area contributed by atoms with Gasteiger partial charge in [-0.1, -0.05) is 97.1 Å². The van der Waals surface area contributed by atoms with E-state index in [-0.39, 0.29) is 24.6 Å². The van der Waals surface area contributed by atoms with E-state index in [1.165, 1.54) is 0 Å². The quantitative estimate of drug-likeness (QED) is 0.0748. The second-order valence-electron chi connectivity index (χ2n) is 11.1. The molecule has 7 rings (SSSR count). The highest BCUT2D eigenvalue weighted by Crippen LogP contribution is 2.56. The number of rotatable bonds is 9. The van der Waals surface area contributed by atoms with Crippen LogP contribution in [-0.2, 0) is 24.7 Å². The first-order valence-electron chi connectivity index (χ1n) is 14.4. The first-order valence-corrected chi connectivity index (χ1v) is 14.4. The maximum atomic E-state index is 14.8. The summed E-state index contributed by atoms with van der Waals surface area (Å²) in [6, 6.07) is 32.8. The molecule has 0 radical (unpaired) electrons. The molecule has 226 valence electrons. The van der Waals surface area contributed by atoms with Gasteiger partial charge in [-0.2, -0.15) is 0 Å². The number of carbonyl (C=O) groups is 2. The molecule has 10 nitrogen and oxygen atoms in total. The monoisotopic (exact) mass is 612 g/mol. The third-order valence-corrected chi connectivity index (χ3v) is 8.91. The lowest BCUT2D eigenvalue weighted by Crippen LogP contribution is -2.46. The molecular formula is C36H24N2O8. The maximum Gasteiger partial charge on any atom is 0.356 e. The molecule has 0 spiro atoms. The van der Waals surface area contributed by atoms with Crippen LogP contribution in [0.3, 0.4) is 0 Å². The van der Waals surface area contributed by atoms with E-state index < -0.39 is 38.7 Å².